The number of carbonyl (C=O) groups is 1. The molecule has 2 fully saturated rings. The number of rotatable bonds is 5. The van der Waals surface area contributed by atoms with Crippen LogP contribution in [0.25, 0.3) is 0 Å². The number of aromatic nitrogens is 3. The molecule has 0 radical (unpaired) electrons. The lowest BCUT2D eigenvalue weighted by atomic mass is 9.89. The van der Waals surface area contributed by atoms with Crippen LogP contribution < -0.4 is 5.32 Å². The van der Waals surface area contributed by atoms with Crippen LogP contribution in [-0.2, 0) is 29.0 Å². The fourth-order valence-electron chi connectivity index (χ4n) is 4.53. The van der Waals surface area contributed by atoms with Crippen molar-refractivity contribution < 1.29 is 9.53 Å². The highest BCUT2D eigenvalue weighted by Crippen LogP contribution is 2.25. The summed E-state index contributed by atoms with van der Waals surface area (Å²) in [6.07, 6.45) is 8.78. The van der Waals surface area contributed by atoms with Crippen LogP contribution in [0.1, 0.15) is 50.2 Å². The number of hydrogen-bond acceptors (Lipinski definition) is 5. The first-order chi connectivity index (χ1) is 12.8. The molecule has 26 heavy (non-hydrogen) atoms. The Morgan fingerprint density at radius 2 is 2.00 bits per heavy atom. The summed E-state index contributed by atoms with van der Waals surface area (Å²) in [7, 11) is 0. The Kier molecular flexibility index (Phi) is 5.84. The quantitative estimate of drug-likeness (QED) is 0.858. The van der Waals surface area contributed by atoms with Crippen molar-refractivity contribution >= 4 is 5.91 Å². The summed E-state index contributed by atoms with van der Waals surface area (Å²) in [6.45, 7) is 5.97. The molecule has 1 aromatic rings. The predicted octanol–water partition coefficient (Wildman–Crippen LogP) is 1.37. The van der Waals surface area contributed by atoms with E-state index in [4.69, 9.17) is 4.74 Å². The lowest BCUT2D eigenvalue weighted by molar-refractivity contribution is -0.125. The van der Waals surface area contributed by atoms with Crippen LogP contribution in [0.4, 0.5) is 0 Å². The van der Waals surface area contributed by atoms with Gasteiger partial charge in [-0.3, -0.25) is 4.79 Å². The smallest absolute Gasteiger partial charge is 0.225 e. The zero-order valence-corrected chi connectivity index (χ0v) is 15.7. The van der Waals surface area contributed by atoms with Crippen LogP contribution in [0.3, 0.4) is 0 Å². The van der Waals surface area contributed by atoms with Crippen molar-refractivity contribution in [2.24, 2.45) is 11.8 Å². The lowest BCUT2D eigenvalue weighted by Gasteiger charge is -2.28. The molecule has 0 unspecified atom stereocenters. The van der Waals surface area contributed by atoms with Gasteiger partial charge in [0.15, 0.2) is 5.82 Å². The summed E-state index contributed by atoms with van der Waals surface area (Å²) in [5.74, 6) is 2.89. The lowest BCUT2D eigenvalue weighted by Crippen LogP contribution is -2.33. The van der Waals surface area contributed by atoms with Crippen molar-refractivity contribution in [3.05, 3.63) is 11.6 Å². The van der Waals surface area contributed by atoms with Gasteiger partial charge in [0.1, 0.15) is 5.82 Å². The van der Waals surface area contributed by atoms with Gasteiger partial charge in [0.05, 0.1) is 19.1 Å². The van der Waals surface area contributed by atoms with Crippen LogP contribution in [-0.4, -0.2) is 58.4 Å². The number of ether oxygens (including phenoxy) is 1. The number of carbonyl (C=O) groups excluding carboxylic acids is 1. The minimum atomic E-state index is -0.00693. The van der Waals surface area contributed by atoms with Gasteiger partial charge in [-0.1, -0.05) is 19.3 Å². The first kappa shape index (κ1) is 17.9. The summed E-state index contributed by atoms with van der Waals surface area (Å²) >= 11 is 0. The summed E-state index contributed by atoms with van der Waals surface area (Å²) in [5.41, 5.74) is 0. The van der Waals surface area contributed by atoms with Gasteiger partial charge in [-0.05, 0) is 25.2 Å². The molecule has 2 aliphatic heterocycles. The average Bonchev–Trinajstić information content (AvgIpc) is 3.29. The van der Waals surface area contributed by atoms with Crippen LogP contribution in [0.15, 0.2) is 0 Å². The molecule has 1 aliphatic carbocycles. The number of nitrogens with zero attached hydrogens (tertiary/aromatic N) is 4. The Morgan fingerprint density at radius 1 is 1.12 bits per heavy atom. The third-order valence-corrected chi connectivity index (χ3v) is 6.16. The van der Waals surface area contributed by atoms with Crippen LogP contribution >= 0.6 is 0 Å². The van der Waals surface area contributed by atoms with Gasteiger partial charge in [-0.2, -0.15) is 0 Å². The monoisotopic (exact) mass is 361 g/mol. The van der Waals surface area contributed by atoms with Crippen molar-refractivity contribution in [1.82, 2.24) is 25.0 Å². The highest BCUT2D eigenvalue weighted by molar-refractivity contribution is 5.78. The third kappa shape index (κ3) is 4.26. The molecule has 7 heteroatoms. The summed E-state index contributed by atoms with van der Waals surface area (Å²) in [5, 5.41) is 11.7. The Labute approximate surface area is 155 Å². The number of hydrogen-bond donors (Lipinski definition) is 1. The van der Waals surface area contributed by atoms with Gasteiger partial charge in [0.2, 0.25) is 5.91 Å². The summed E-state index contributed by atoms with van der Waals surface area (Å²) < 4.78 is 7.51. The van der Waals surface area contributed by atoms with E-state index in [0.717, 1.165) is 50.0 Å². The zero-order chi connectivity index (χ0) is 17.8. The van der Waals surface area contributed by atoms with Gasteiger partial charge >= 0.3 is 0 Å². The molecule has 0 aromatic carbocycles. The minimum Gasteiger partial charge on any atom is -0.381 e. The minimum absolute atomic E-state index is 0.00693. The molecule has 144 valence electrons. The van der Waals surface area contributed by atoms with Crippen LogP contribution in [0, 0.1) is 11.8 Å². The first-order valence-corrected chi connectivity index (χ1v) is 10.3. The fourth-order valence-corrected chi connectivity index (χ4v) is 4.53. The van der Waals surface area contributed by atoms with Gasteiger partial charge in [-0.25, -0.2) is 0 Å². The van der Waals surface area contributed by atoms with E-state index in [0.29, 0.717) is 19.8 Å². The molecule has 1 saturated carbocycles. The molecule has 0 spiro atoms. The van der Waals surface area contributed by atoms with E-state index in [1.165, 1.54) is 38.6 Å². The van der Waals surface area contributed by atoms with Gasteiger partial charge in [-0.15, -0.1) is 10.2 Å². The molecule has 3 heterocycles. The van der Waals surface area contributed by atoms with E-state index in [9.17, 15) is 4.79 Å². The Hall–Kier alpha value is -1.47. The highest BCUT2D eigenvalue weighted by atomic mass is 16.5. The molecular formula is C19H31N5O2. The SMILES string of the molecule is O=C(NCc1nnc2n1CCN(CC1CCCCC1)CC2)[C@@H]1CCOC1. The van der Waals surface area contributed by atoms with Crippen molar-refractivity contribution in [2.45, 2.75) is 58.0 Å². The van der Waals surface area contributed by atoms with E-state index in [2.05, 4.69) is 25.0 Å². The van der Waals surface area contributed by atoms with Crippen LogP contribution in [0.5, 0.6) is 0 Å². The molecular weight excluding hydrogens is 330 g/mol. The standard InChI is InChI=1S/C19H31N5O2/c25-19(16-7-11-26-14-16)20-12-18-22-21-17-6-8-23(9-10-24(17)18)13-15-4-2-1-3-5-15/h15-16H,1-14H2,(H,20,25)/t16-/m1/s1. The first-order valence-electron chi connectivity index (χ1n) is 10.3. The highest BCUT2D eigenvalue weighted by Gasteiger charge is 2.25. The maximum atomic E-state index is 12.2. The summed E-state index contributed by atoms with van der Waals surface area (Å²) in [4.78, 5) is 14.8. The van der Waals surface area contributed by atoms with Gasteiger partial charge in [0.25, 0.3) is 0 Å². The van der Waals surface area contributed by atoms with Crippen molar-refractivity contribution in [2.75, 3.05) is 32.8 Å². The normalized spacial score (nSPS) is 25.0. The number of nitrogens with one attached hydrogen (secondary N) is 1. The van der Waals surface area contributed by atoms with Crippen molar-refractivity contribution in [1.29, 1.82) is 0 Å². The molecule has 1 N–H and O–H groups in total. The second kappa shape index (κ2) is 8.48. The maximum absolute atomic E-state index is 12.2. The van der Waals surface area contributed by atoms with E-state index in [1.807, 2.05) is 0 Å². The summed E-state index contributed by atoms with van der Waals surface area (Å²) in [6, 6.07) is 0. The Balaban J connectivity index is 1.30. The zero-order valence-electron chi connectivity index (χ0n) is 15.7. The van der Waals surface area contributed by atoms with E-state index < -0.39 is 0 Å². The number of amides is 1. The van der Waals surface area contributed by atoms with Crippen molar-refractivity contribution in [3.8, 4) is 0 Å². The largest absolute Gasteiger partial charge is 0.381 e. The average molecular weight is 361 g/mol. The van der Waals surface area contributed by atoms with Gasteiger partial charge < -0.3 is 19.5 Å². The number of fused-ring (bicyclic) bond motifs is 1. The Bertz CT molecular complexity index is 605. The molecule has 1 aromatic heterocycles. The van der Waals surface area contributed by atoms with E-state index >= 15 is 0 Å². The van der Waals surface area contributed by atoms with E-state index in [1.54, 1.807) is 0 Å². The third-order valence-electron chi connectivity index (χ3n) is 6.16. The fraction of sp³-hybridized carbons (Fsp3) is 0.842. The molecule has 7 nitrogen and oxygen atoms in total. The molecule has 1 saturated heterocycles. The van der Waals surface area contributed by atoms with Crippen LogP contribution in [0.2, 0.25) is 0 Å². The molecule has 3 aliphatic rings. The Morgan fingerprint density at radius 3 is 2.81 bits per heavy atom. The van der Waals surface area contributed by atoms with Gasteiger partial charge in [0, 0.05) is 39.2 Å². The second-order valence-electron chi connectivity index (χ2n) is 8.02. The predicted molar refractivity (Wildman–Crippen MR) is 97.5 cm³/mol. The second-order valence-corrected chi connectivity index (χ2v) is 8.02. The van der Waals surface area contributed by atoms with Crippen molar-refractivity contribution in [3.63, 3.8) is 0 Å². The molecule has 0 bridgehead atoms. The molecule has 4 rings (SSSR count). The molecule has 1 amide bonds. The van der Waals surface area contributed by atoms with E-state index in [-0.39, 0.29) is 11.8 Å². The maximum Gasteiger partial charge on any atom is 0.225 e. The molecule has 1 atom stereocenters. The topological polar surface area (TPSA) is 72.3 Å².